The fourth-order valence-electron chi connectivity index (χ4n) is 0.175. The largest absolute Gasteiger partial charge is 0.338 e. The Hall–Kier alpha value is -0.900. The van der Waals surface area contributed by atoms with Crippen LogP contribution in [0.4, 0.5) is 0 Å². The van der Waals surface area contributed by atoms with Gasteiger partial charge in [-0.15, -0.1) is 0 Å². The molecule has 0 aliphatic carbocycles. The van der Waals surface area contributed by atoms with Crippen LogP contribution in [0, 0.1) is 12.0 Å². The van der Waals surface area contributed by atoms with Crippen LogP contribution in [0.2, 0.25) is 0 Å². The van der Waals surface area contributed by atoms with E-state index < -0.39 is 0 Å². The maximum Gasteiger partial charge on any atom is 0.0144 e. The quantitative estimate of drug-likeness (QED) is 0.316. The third-order valence-corrected chi connectivity index (χ3v) is 0.390. The zero-order chi connectivity index (χ0) is 5.70. The summed E-state index contributed by atoms with van der Waals surface area (Å²) in [7, 11) is 3.77. The number of nitrogens with zero attached hydrogens (tertiary/aromatic N) is 1. The summed E-state index contributed by atoms with van der Waals surface area (Å²) in [6.45, 7) is 3.43. The first-order chi connectivity index (χ1) is 3.27. The van der Waals surface area contributed by atoms with Crippen molar-refractivity contribution >= 4 is 0 Å². The molecule has 38 valence electrons. The molecule has 7 heavy (non-hydrogen) atoms. The number of hydrogen-bond donors (Lipinski definition) is 0. The number of hydrogen-bond acceptors (Lipinski definition) is 1. The fourth-order valence-corrected chi connectivity index (χ4v) is 0.175. The van der Waals surface area contributed by atoms with Gasteiger partial charge in [0.05, 0.1) is 0 Å². The molecule has 0 amide bonds. The normalized spacial score (nSPS) is 6.00. The van der Waals surface area contributed by atoms with Crippen LogP contribution in [0.15, 0.2) is 12.7 Å². The van der Waals surface area contributed by atoms with Crippen molar-refractivity contribution in [3.05, 3.63) is 12.7 Å². The van der Waals surface area contributed by atoms with Crippen molar-refractivity contribution in [1.29, 1.82) is 0 Å². The molecule has 0 bridgehead atoms. The highest BCUT2D eigenvalue weighted by atomic mass is 15.0. The topological polar surface area (TPSA) is 3.24 Å². The van der Waals surface area contributed by atoms with Gasteiger partial charge >= 0.3 is 0 Å². The SMILES string of the molecule is C=CC#CN(C)C. The maximum absolute atomic E-state index is 3.43. The van der Waals surface area contributed by atoms with Crippen molar-refractivity contribution in [2.75, 3.05) is 14.1 Å². The molecule has 0 radical (unpaired) electrons. The van der Waals surface area contributed by atoms with Gasteiger partial charge in [0, 0.05) is 20.1 Å². The Labute approximate surface area is 44.6 Å². The molecule has 0 rings (SSSR count). The Balaban J connectivity index is 3.43. The molecule has 0 unspecified atom stereocenters. The van der Waals surface area contributed by atoms with Crippen molar-refractivity contribution in [3.8, 4) is 12.0 Å². The Kier molecular flexibility index (Phi) is 2.87. The third kappa shape index (κ3) is 5.10. The summed E-state index contributed by atoms with van der Waals surface area (Å²) in [5.41, 5.74) is 0. The summed E-state index contributed by atoms with van der Waals surface area (Å²) < 4.78 is 0. The lowest BCUT2D eigenvalue weighted by Gasteiger charge is -1.95. The van der Waals surface area contributed by atoms with Gasteiger partial charge in [0.2, 0.25) is 0 Å². The summed E-state index contributed by atoms with van der Waals surface area (Å²) >= 11 is 0. The molecule has 0 atom stereocenters. The number of rotatable bonds is 0. The summed E-state index contributed by atoms with van der Waals surface area (Å²) in [5.74, 6) is 2.69. The lowest BCUT2D eigenvalue weighted by atomic mass is 10.6. The Morgan fingerprint density at radius 1 is 1.57 bits per heavy atom. The van der Waals surface area contributed by atoms with Gasteiger partial charge in [-0.2, -0.15) is 0 Å². The predicted molar refractivity (Wildman–Crippen MR) is 31.7 cm³/mol. The lowest BCUT2D eigenvalue weighted by molar-refractivity contribution is 0.597. The highest BCUT2D eigenvalue weighted by Gasteiger charge is 1.65. The smallest absolute Gasteiger partial charge is 0.0144 e. The maximum atomic E-state index is 3.43. The molecule has 1 nitrogen and oxygen atoms in total. The second-order valence-electron chi connectivity index (χ2n) is 1.35. The Morgan fingerprint density at radius 3 is 2.29 bits per heavy atom. The molecule has 0 aliphatic rings. The Bertz CT molecular complexity index is 103. The monoisotopic (exact) mass is 95.1 g/mol. The van der Waals surface area contributed by atoms with Crippen LogP contribution in [0.3, 0.4) is 0 Å². The van der Waals surface area contributed by atoms with Crippen LogP contribution >= 0.6 is 0 Å². The van der Waals surface area contributed by atoms with Gasteiger partial charge in [-0.25, -0.2) is 0 Å². The first kappa shape index (κ1) is 6.10. The minimum Gasteiger partial charge on any atom is -0.338 e. The van der Waals surface area contributed by atoms with Crippen LogP contribution in [0.5, 0.6) is 0 Å². The highest BCUT2D eigenvalue weighted by molar-refractivity contribution is 5.10. The average molecular weight is 95.1 g/mol. The Morgan fingerprint density at radius 2 is 2.14 bits per heavy atom. The van der Waals surface area contributed by atoms with Crippen LogP contribution in [-0.2, 0) is 0 Å². The van der Waals surface area contributed by atoms with E-state index in [9.17, 15) is 0 Å². The molecule has 0 N–H and O–H groups in total. The molecular formula is C6H9N. The second kappa shape index (κ2) is 3.30. The van der Waals surface area contributed by atoms with Gasteiger partial charge < -0.3 is 4.90 Å². The third-order valence-electron chi connectivity index (χ3n) is 0.390. The fraction of sp³-hybridized carbons (Fsp3) is 0.333. The van der Waals surface area contributed by atoms with Crippen LogP contribution in [0.1, 0.15) is 0 Å². The van der Waals surface area contributed by atoms with Crippen molar-refractivity contribution in [2.24, 2.45) is 0 Å². The first-order valence-corrected chi connectivity index (χ1v) is 2.06. The molecule has 0 aromatic carbocycles. The zero-order valence-corrected chi connectivity index (χ0v) is 4.73. The van der Waals surface area contributed by atoms with Gasteiger partial charge in [-0.1, -0.05) is 12.5 Å². The molecule has 0 aliphatic heterocycles. The van der Waals surface area contributed by atoms with Crippen molar-refractivity contribution < 1.29 is 0 Å². The van der Waals surface area contributed by atoms with E-state index in [1.807, 2.05) is 14.1 Å². The lowest BCUT2D eigenvalue weighted by Crippen LogP contribution is -2.00. The minimum absolute atomic E-state index is 1.57. The molecule has 1 heteroatoms. The molecular weight excluding hydrogens is 86.1 g/mol. The second-order valence-corrected chi connectivity index (χ2v) is 1.35. The standard InChI is InChI=1S/C6H9N/c1-4-5-6-7(2)3/h4H,1H2,2-3H3. The predicted octanol–water partition coefficient (Wildman–Crippen LogP) is 0.695. The minimum atomic E-state index is 1.57. The van der Waals surface area contributed by atoms with Crippen molar-refractivity contribution in [3.63, 3.8) is 0 Å². The van der Waals surface area contributed by atoms with E-state index in [1.165, 1.54) is 0 Å². The first-order valence-electron chi connectivity index (χ1n) is 2.06. The average Bonchev–Trinajstić information content (AvgIpc) is 1.61. The zero-order valence-electron chi connectivity index (χ0n) is 4.73. The molecule has 0 aromatic rings. The summed E-state index contributed by atoms with van der Waals surface area (Å²) in [6, 6.07) is 2.76. The summed E-state index contributed by atoms with van der Waals surface area (Å²) in [6.07, 6.45) is 1.57. The van der Waals surface area contributed by atoms with Gasteiger partial charge in [0.1, 0.15) is 0 Å². The molecule has 0 aromatic heterocycles. The van der Waals surface area contributed by atoms with E-state index in [4.69, 9.17) is 0 Å². The summed E-state index contributed by atoms with van der Waals surface area (Å²) in [5, 5.41) is 0. The van der Waals surface area contributed by atoms with E-state index in [0.29, 0.717) is 0 Å². The van der Waals surface area contributed by atoms with Crippen molar-refractivity contribution in [1.82, 2.24) is 4.90 Å². The van der Waals surface area contributed by atoms with E-state index in [0.717, 1.165) is 0 Å². The van der Waals surface area contributed by atoms with E-state index in [1.54, 1.807) is 11.0 Å². The van der Waals surface area contributed by atoms with Crippen LogP contribution < -0.4 is 0 Å². The van der Waals surface area contributed by atoms with E-state index >= 15 is 0 Å². The molecule has 0 fully saturated rings. The molecule has 0 spiro atoms. The molecule has 0 saturated heterocycles. The van der Waals surface area contributed by atoms with Crippen LogP contribution in [0.25, 0.3) is 0 Å². The molecule has 0 heterocycles. The van der Waals surface area contributed by atoms with E-state index in [2.05, 4.69) is 18.5 Å². The van der Waals surface area contributed by atoms with Gasteiger partial charge in [0.25, 0.3) is 0 Å². The highest BCUT2D eigenvalue weighted by Crippen LogP contribution is 1.63. The van der Waals surface area contributed by atoms with Crippen LogP contribution in [-0.4, -0.2) is 19.0 Å². The van der Waals surface area contributed by atoms with Crippen molar-refractivity contribution in [2.45, 2.75) is 0 Å². The van der Waals surface area contributed by atoms with E-state index in [-0.39, 0.29) is 0 Å². The molecule has 0 saturated carbocycles. The van der Waals surface area contributed by atoms with Gasteiger partial charge in [0.15, 0.2) is 0 Å². The number of allylic oxidation sites excluding steroid dienone is 1. The van der Waals surface area contributed by atoms with Gasteiger partial charge in [-0.05, 0) is 6.08 Å². The van der Waals surface area contributed by atoms with Gasteiger partial charge in [-0.3, -0.25) is 0 Å². The summed E-state index contributed by atoms with van der Waals surface area (Å²) in [4.78, 5) is 1.78.